The molecule has 2 aromatic carbocycles. The molecule has 30 heavy (non-hydrogen) atoms. The summed E-state index contributed by atoms with van der Waals surface area (Å²) in [5, 5.41) is 9.33. The number of nitrogens with one attached hydrogen (secondary N) is 3. The van der Waals surface area contributed by atoms with E-state index in [0.717, 1.165) is 22.4 Å². The zero-order chi connectivity index (χ0) is 21.0. The fourth-order valence-corrected chi connectivity index (χ4v) is 3.93. The molecule has 1 amide bonds. The molecular weight excluding hydrogens is 388 g/mol. The van der Waals surface area contributed by atoms with Crippen molar-refractivity contribution in [1.29, 1.82) is 0 Å². The van der Waals surface area contributed by atoms with Crippen molar-refractivity contribution in [1.82, 2.24) is 10.1 Å². The van der Waals surface area contributed by atoms with Crippen molar-refractivity contribution in [3.8, 4) is 11.5 Å². The Morgan fingerprint density at radius 2 is 1.93 bits per heavy atom. The maximum absolute atomic E-state index is 12.2. The Labute approximate surface area is 170 Å². The third-order valence-electron chi connectivity index (χ3n) is 5.55. The molecule has 0 bridgehead atoms. The first-order valence-corrected chi connectivity index (χ1v) is 9.44. The molecule has 0 saturated heterocycles. The lowest BCUT2D eigenvalue weighted by atomic mass is 9.98. The van der Waals surface area contributed by atoms with Crippen LogP contribution in [-0.4, -0.2) is 28.4 Å². The van der Waals surface area contributed by atoms with E-state index < -0.39 is 11.7 Å². The molecule has 3 N–H and O–H groups in total. The number of carbonyl (C=O) groups is 2. The molecule has 2 aliphatic rings. The highest BCUT2D eigenvalue weighted by Crippen LogP contribution is 2.52. The second kappa shape index (κ2) is 6.31. The van der Waals surface area contributed by atoms with Gasteiger partial charge in [-0.25, -0.2) is 4.79 Å². The molecule has 1 unspecified atom stereocenters. The standard InChI is InChI=1S/C21H18N4O5/c1-10-5-12(23-19(27)18-24-20(28)30-25-18)6-11(2)17(10)29-13-3-4-15-14(7-13)21(9-22-15)8-16(21)26/h3-7,22H,8-9H2,1-2H3,(H,23,27)(H,24,25,28). The number of amides is 1. The van der Waals surface area contributed by atoms with Crippen molar-refractivity contribution < 1.29 is 18.8 Å². The number of aromatic amines is 1. The van der Waals surface area contributed by atoms with Gasteiger partial charge >= 0.3 is 5.76 Å². The second-order valence-electron chi connectivity index (χ2n) is 7.68. The number of Topliss-reactive ketones (excluding diaryl/α,β-unsaturated/α-hetero) is 1. The lowest BCUT2D eigenvalue weighted by Crippen LogP contribution is -2.15. The fourth-order valence-electron chi connectivity index (χ4n) is 3.93. The van der Waals surface area contributed by atoms with E-state index in [4.69, 9.17) is 4.74 Å². The molecular formula is C21H18N4O5. The van der Waals surface area contributed by atoms with E-state index in [0.29, 0.717) is 30.2 Å². The normalized spacial score (nSPS) is 18.8. The van der Waals surface area contributed by atoms with Crippen LogP contribution in [0.25, 0.3) is 0 Å². The molecule has 1 saturated carbocycles. The number of fused-ring (bicyclic) bond motifs is 2. The Bertz CT molecular complexity index is 1250. The summed E-state index contributed by atoms with van der Waals surface area (Å²) < 4.78 is 10.5. The molecule has 1 spiro atoms. The van der Waals surface area contributed by atoms with Gasteiger partial charge in [0.25, 0.3) is 5.91 Å². The van der Waals surface area contributed by atoms with Crippen molar-refractivity contribution in [2.24, 2.45) is 0 Å². The Morgan fingerprint density at radius 3 is 2.57 bits per heavy atom. The van der Waals surface area contributed by atoms with Crippen LogP contribution in [0.1, 0.15) is 33.7 Å². The van der Waals surface area contributed by atoms with Crippen molar-refractivity contribution in [2.75, 3.05) is 17.2 Å². The van der Waals surface area contributed by atoms with Crippen molar-refractivity contribution in [3.05, 3.63) is 63.4 Å². The number of carbonyl (C=O) groups excluding carboxylic acids is 2. The fraction of sp³-hybridized carbons (Fsp3) is 0.238. The SMILES string of the molecule is Cc1cc(NC(=O)c2noc(=O)[nH]2)cc(C)c1Oc1ccc2c(c1)C1(CN2)CC1=O. The molecule has 1 aliphatic heterocycles. The van der Waals surface area contributed by atoms with Gasteiger partial charge in [0.15, 0.2) is 0 Å². The summed E-state index contributed by atoms with van der Waals surface area (Å²) in [6.07, 6.45) is 0.569. The van der Waals surface area contributed by atoms with Crippen LogP contribution in [0.5, 0.6) is 11.5 Å². The number of rotatable bonds is 4. The van der Waals surface area contributed by atoms with Gasteiger partial charge in [0, 0.05) is 24.3 Å². The molecule has 1 aliphatic carbocycles. The number of ketones is 1. The Kier molecular flexibility index (Phi) is 3.82. The number of ether oxygens (including phenoxy) is 1. The third kappa shape index (κ3) is 2.86. The number of hydrogen-bond donors (Lipinski definition) is 3. The van der Waals surface area contributed by atoms with Crippen LogP contribution in [0.3, 0.4) is 0 Å². The number of nitrogens with zero attached hydrogens (tertiary/aromatic N) is 1. The summed E-state index contributed by atoms with van der Waals surface area (Å²) in [7, 11) is 0. The smallest absolute Gasteiger partial charge is 0.439 e. The maximum atomic E-state index is 12.2. The minimum absolute atomic E-state index is 0.203. The number of anilines is 2. The topological polar surface area (TPSA) is 126 Å². The molecule has 9 heteroatoms. The third-order valence-corrected chi connectivity index (χ3v) is 5.55. The van der Waals surface area contributed by atoms with E-state index in [1.54, 1.807) is 12.1 Å². The Hall–Kier alpha value is -3.88. The molecule has 152 valence electrons. The van der Waals surface area contributed by atoms with Crippen molar-refractivity contribution >= 4 is 23.1 Å². The number of benzene rings is 2. The highest BCUT2D eigenvalue weighted by molar-refractivity contribution is 6.09. The molecule has 0 radical (unpaired) electrons. The van der Waals surface area contributed by atoms with E-state index in [2.05, 4.69) is 25.3 Å². The van der Waals surface area contributed by atoms with E-state index in [-0.39, 0.29) is 17.0 Å². The Balaban J connectivity index is 1.38. The van der Waals surface area contributed by atoms with Crippen LogP contribution in [0.15, 0.2) is 39.6 Å². The number of H-pyrrole nitrogens is 1. The van der Waals surface area contributed by atoms with E-state index >= 15 is 0 Å². The largest absolute Gasteiger partial charge is 0.457 e. The summed E-state index contributed by atoms with van der Waals surface area (Å²) in [5.41, 5.74) is 3.75. The zero-order valence-corrected chi connectivity index (χ0v) is 16.3. The van der Waals surface area contributed by atoms with Crippen LogP contribution in [0, 0.1) is 13.8 Å². The molecule has 3 aromatic rings. The maximum Gasteiger partial charge on any atom is 0.439 e. The molecule has 1 atom stereocenters. The van der Waals surface area contributed by atoms with Gasteiger partial charge in [-0.05, 0) is 66.0 Å². The Morgan fingerprint density at radius 1 is 1.20 bits per heavy atom. The minimum Gasteiger partial charge on any atom is -0.457 e. The first-order valence-electron chi connectivity index (χ1n) is 9.44. The van der Waals surface area contributed by atoms with Crippen molar-refractivity contribution in [2.45, 2.75) is 25.7 Å². The number of aryl methyl sites for hydroxylation is 2. The lowest BCUT2D eigenvalue weighted by Gasteiger charge is -2.15. The molecule has 5 rings (SSSR count). The average molecular weight is 406 g/mol. The average Bonchev–Trinajstić information content (AvgIpc) is 3.01. The quantitative estimate of drug-likeness (QED) is 0.608. The first kappa shape index (κ1) is 18.2. The first-order chi connectivity index (χ1) is 14.4. The predicted molar refractivity (Wildman–Crippen MR) is 107 cm³/mol. The van der Waals surface area contributed by atoms with Crippen LogP contribution >= 0.6 is 0 Å². The van der Waals surface area contributed by atoms with Gasteiger partial charge in [0.2, 0.25) is 5.82 Å². The summed E-state index contributed by atoms with van der Waals surface area (Å²) in [5.74, 6) is -0.00308. The minimum atomic E-state index is -0.796. The van der Waals surface area contributed by atoms with E-state index in [9.17, 15) is 14.4 Å². The summed E-state index contributed by atoms with van der Waals surface area (Å²) >= 11 is 0. The van der Waals surface area contributed by atoms with Gasteiger partial charge in [-0.1, -0.05) is 0 Å². The van der Waals surface area contributed by atoms with Gasteiger partial charge < -0.3 is 15.4 Å². The van der Waals surface area contributed by atoms with E-state index in [1.165, 1.54) is 0 Å². The molecule has 1 aromatic heterocycles. The number of hydrogen-bond acceptors (Lipinski definition) is 7. The van der Waals surface area contributed by atoms with Crippen LogP contribution in [0.2, 0.25) is 0 Å². The zero-order valence-electron chi connectivity index (χ0n) is 16.3. The van der Waals surface area contributed by atoms with Gasteiger partial charge in [-0.2, -0.15) is 0 Å². The second-order valence-corrected chi connectivity index (χ2v) is 7.68. The van der Waals surface area contributed by atoms with E-state index in [1.807, 2.05) is 32.0 Å². The van der Waals surface area contributed by atoms with Gasteiger partial charge in [-0.3, -0.25) is 19.1 Å². The predicted octanol–water partition coefficient (Wildman–Crippen LogP) is 2.66. The van der Waals surface area contributed by atoms with Gasteiger partial charge in [0.1, 0.15) is 17.3 Å². The highest BCUT2D eigenvalue weighted by atomic mass is 16.5. The monoisotopic (exact) mass is 406 g/mol. The van der Waals surface area contributed by atoms with Crippen LogP contribution in [0.4, 0.5) is 11.4 Å². The lowest BCUT2D eigenvalue weighted by molar-refractivity contribution is -0.111. The molecule has 2 heterocycles. The van der Waals surface area contributed by atoms with Gasteiger partial charge in [0.05, 0.1) is 5.41 Å². The summed E-state index contributed by atoms with van der Waals surface area (Å²) in [6, 6.07) is 9.25. The number of aromatic nitrogens is 2. The molecule has 9 nitrogen and oxygen atoms in total. The van der Waals surface area contributed by atoms with Crippen LogP contribution < -0.4 is 21.1 Å². The summed E-state index contributed by atoms with van der Waals surface area (Å²) in [6.45, 7) is 4.39. The summed E-state index contributed by atoms with van der Waals surface area (Å²) in [4.78, 5) is 37.3. The highest BCUT2D eigenvalue weighted by Gasteiger charge is 2.58. The van der Waals surface area contributed by atoms with Gasteiger partial charge in [-0.15, -0.1) is 0 Å². The molecule has 1 fully saturated rings. The van der Waals surface area contributed by atoms with Crippen LogP contribution in [-0.2, 0) is 10.2 Å². The van der Waals surface area contributed by atoms with Crippen molar-refractivity contribution in [3.63, 3.8) is 0 Å².